The van der Waals surface area contributed by atoms with Gasteiger partial charge in [-0.1, -0.05) is 37.3 Å². The van der Waals surface area contributed by atoms with Crippen molar-refractivity contribution in [3.05, 3.63) is 48.0 Å². The molecule has 2 rings (SSSR count). The second kappa shape index (κ2) is 7.41. The molecule has 0 unspecified atom stereocenters. The van der Waals surface area contributed by atoms with Gasteiger partial charge in [-0.15, -0.1) is 0 Å². The maximum Gasteiger partial charge on any atom is 0.328 e. The number of hydrogen-bond donors (Lipinski definition) is 1. The lowest BCUT2D eigenvalue weighted by atomic mass is 9.98. The zero-order valence-electron chi connectivity index (χ0n) is 13.1. The molecule has 0 spiro atoms. The Balaban J connectivity index is 2.22. The normalized spacial score (nSPS) is 12.9. The van der Waals surface area contributed by atoms with Crippen molar-refractivity contribution in [3.63, 3.8) is 0 Å². The van der Waals surface area contributed by atoms with Gasteiger partial charge in [0.05, 0.1) is 13.2 Å². The van der Waals surface area contributed by atoms with Gasteiger partial charge in [-0.25, -0.2) is 4.79 Å². The highest BCUT2D eigenvalue weighted by molar-refractivity contribution is 6.00. The van der Waals surface area contributed by atoms with Crippen molar-refractivity contribution in [2.75, 3.05) is 7.11 Å². The molecule has 0 aliphatic heterocycles. The fourth-order valence-corrected chi connectivity index (χ4v) is 2.38. The number of nitrogens with zero attached hydrogens (tertiary/aromatic N) is 1. The van der Waals surface area contributed by atoms with Gasteiger partial charge in [0, 0.05) is 17.9 Å². The third-order valence-corrected chi connectivity index (χ3v) is 3.74. The number of hydrogen-bond acceptors (Lipinski definition) is 4. The summed E-state index contributed by atoms with van der Waals surface area (Å²) in [6.45, 7) is 1.73. The number of carbonyl (C=O) groups excluding carboxylic acids is 2. The molecule has 0 aliphatic rings. The highest BCUT2D eigenvalue weighted by atomic mass is 16.5. The molecule has 0 bridgehead atoms. The van der Waals surface area contributed by atoms with Gasteiger partial charge < -0.3 is 10.1 Å². The Bertz CT molecular complexity index is 764. The summed E-state index contributed by atoms with van der Waals surface area (Å²) in [5, 5.41) is 13.4. The minimum Gasteiger partial charge on any atom is -0.467 e. The van der Waals surface area contributed by atoms with E-state index < -0.39 is 12.0 Å². The van der Waals surface area contributed by atoms with Crippen LogP contribution in [0.5, 0.6) is 0 Å². The highest BCUT2D eigenvalue weighted by Gasteiger charge is 2.28. The number of nitriles is 1. The molecule has 5 nitrogen and oxygen atoms in total. The smallest absolute Gasteiger partial charge is 0.328 e. The molecule has 0 aromatic heterocycles. The zero-order valence-corrected chi connectivity index (χ0v) is 13.1. The number of fused-ring (bicyclic) bond motifs is 1. The van der Waals surface area contributed by atoms with Gasteiger partial charge >= 0.3 is 5.97 Å². The Morgan fingerprint density at radius 2 is 1.91 bits per heavy atom. The van der Waals surface area contributed by atoms with Crippen molar-refractivity contribution in [1.82, 2.24) is 5.32 Å². The first kappa shape index (κ1) is 16.5. The van der Waals surface area contributed by atoms with Crippen LogP contribution in [0.15, 0.2) is 42.5 Å². The highest BCUT2D eigenvalue weighted by Crippen LogP contribution is 2.16. The standard InChI is InChI=1S/C18H18N2O3/c1-12(9-10-19)16(18(22)23-2)20-17(21)15-8-7-13-5-3-4-6-14(13)11-15/h3-8,11-12,16H,9H2,1-2H3,(H,20,21)/t12-,16+/m0/s1. The summed E-state index contributed by atoms with van der Waals surface area (Å²) in [5.74, 6) is -1.25. The molecule has 0 aliphatic carbocycles. The minimum absolute atomic E-state index is 0.151. The van der Waals surface area contributed by atoms with Crippen molar-refractivity contribution >= 4 is 22.6 Å². The van der Waals surface area contributed by atoms with Crippen LogP contribution in [0.1, 0.15) is 23.7 Å². The number of rotatable bonds is 5. The first-order valence-corrected chi connectivity index (χ1v) is 7.31. The van der Waals surface area contributed by atoms with Crippen LogP contribution >= 0.6 is 0 Å². The largest absolute Gasteiger partial charge is 0.467 e. The molecule has 1 N–H and O–H groups in total. The van der Waals surface area contributed by atoms with Crippen molar-refractivity contribution < 1.29 is 14.3 Å². The molecule has 0 saturated carbocycles. The average molecular weight is 310 g/mol. The molecule has 0 heterocycles. The monoisotopic (exact) mass is 310 g/mol. The van der Waals surface area contributed by atoms with Crippen LogP contribution in [-0.4, -0.2) is 25.0 Å². The fraction of sp³-hybridized carbons (Fsp3) is 0.278. The van der Waals surface area contributed by atoms with Gasteiger partial charge in [0.15, 0.2) is 0 Å². The summed E-state index contributed by atoms with van der Waals surface area (Å²) in [4.78, 5) is 24.3. The lowest BCUT2D eigenvalue weighted by Gasteiger charge is -2.21. The van der Waals surface area contributed by atoms with Crippen molar-refractivity contribution in [1.29, 1.82) is 5.26 Å². The lowest BCUT2D eigenvalue weighted by Crippen LogP contribution is -2.45. The predicted octanol–water partition coefficient (Wildman–Crippen LogP) is 2.66. The van der Waals surface area contributed by atoms with Gasteiger partial charge in [0.2, 0.25) is 0 Å². The van der Waals surface area contributed by atoms with Crippen molar-refractivity contribution in [2.24, 2.45) is 5.92 Å². The van der Waals surface area contributed by atoms with Gasteiger partial charge in [-0.3, -0.25) is 4.79 Å². The first-order chi connectivity index (χ1) is 11.1. The zero-order chi connectivity index (χ0) is 16.8. The van der Waals surface area contributed by atoms with Crippen LogP contribution in [0.4, 0.5) is 0 Å². The van der Waals surface area contributed by atoms with Crippen LogP contribution in [0, 0.1) is 17.2 Å². The molecule has 2 aromatic carbocycles. The molecule has 2 aromatic rings. The number of amides is 1. The van der Waals surface area contributed by atoms with E-state index in [1.165, 1.54) is 7.11 Å². The molecule has 0 saturated heterocycles. The number of carbonyl (C=O) groups is 2. The molecule has 2 atom stereocenters. The molecule has 0 radical (unpaired) electrons. The number of nitrogens with one attached hydrogen (secondary N) is 1. The Hall–Kier alpha value is -2.87. The van der Waals surface area contributed by atoms with E-state index >= 15 is 0 Å². The van der Waals surface area contributed by atoms with E-state index in [2.05, 4.69) is 5.32 Å². The van der Waals surface area contributed by atoms with E-state index in [1.54, 1.807) is 19.1 Å². The Labute approximate surface area is 134 Å². The van der Waals surface area contributed by atoms with Crippen LogP contribution in [0.2, 0.25) is 0 Å². The van der Waals surface area contributed by atoms with E-state index in [0.717, 1.165) is 10.8 Å². The summed E-state index contributed by atoms with van der Waals surface area (Å²) in [7, 11) is 1.26. The number of benzene rings is 2. The number of methoxy groups -OCH3 is 1. The van der Waals surface area contributed by atoms with Crippen LogP contribution < -0.4 is 5.32 Å². The molecule has 1 amide bonds. The van der Waals surface area contributed by atoms with Gasteiger partial charge in [-0.05, 0) is 22.9 Å². The SMILES string of the molecule is COC(=O)[C@H](NC(=O)c1ccc2ccccc2c1)[C@@H](C)CC#N. The number of esters is 1. The Morgan fingerprint density at radius 3 is 2.57 bits per heavy atom. The van der Waals surface area contributed by atoms with Crippen LogP contribution in [-0.2, 0) is 9.53 Å². The lowest BCUT2D eigenvalue weighted by molar-refractivity contribution is -0.144. The third kappa shape index (κ3) is 3.86. The third-order valence-electron chi connectivity index (χ3n) is 3.74. The molecule has 0 fully saturated rings. The number of ether oxygens (including phenoxy) is 1. The summed E-state index contributed by atoms with van der Waals surface area (Å²) in [6, 6.07) is 14.2. The van der Waals surface area contributed by atoms with E-state index in [4.69, 9.17) is 10.00 Å². The predicted molar refractivity (Wildman–Crippen MR) is 86.6 cm³/mol. The maximum atomic E-state index is 12.4. The maximum absolute atomic E-state index is 12.4. The van der Waals surface area contributed by atoms with Gasteiger partial charge in [-0.2, -0.15) is 5.26 Å². The van der Waals surface area contributed by atoms with E-state index in [1.807, 2.05) is 36.4 Å². The van der Waals surface area contributed by atoms with Gasteiger partial charge in [0.1, 0.15) is 6.04 Å². The van der Waals surface area contributed by atoms with Crippen LogP contribution in [0.3, 0.4) is 0 Å². The molecular weight excluding hydrogens is 292 g/mol. The summed E-state index contributed by atoms with van der Waals surface area (Å²) >= 11 is 0. The fourth-order valence-electron chi connectivity index (χ4n) is 2.38. The molecule has 118 valence electrons. The topological polar surface area (TPSA) is 79.2 Å². The summed E-state index contributed by atoms with van der Waals surface area (Å²) in [6.07, 6.45) is 0.151. The Kier molecular flexibility index (Phi) is 5.32. The van der Waals surface area contributed by atoms with Gasteiger partial charge in [0.25, 0.3) is 5.91 Å². The average Bonchev–Trinajstić information content (AvgIpc) is 2.58. The second-order valence-corrected chi connectivity index (χ2v) is 5.38. The quantitative estimate of drug-likeness (QED) is 0.861. The van der Waals surface area contributed by atoms with E-state index in [0.29, 0.717) is 5.56 Å². The second-order valence-electron chi connectivity index (χ2n) is 5.38. The van der Waals surface area contributed by atoms with Crippen LogP contribution in [0.25, 0.3) is 10.8 Å². The van der Waals surface area contributed by atoms with Crippen molar-refractivity contribution in [2.45, 2.75) is 19.4 Å². The summed E-state index contributed by atoms with van der Waals surface area (Å²) in [5.41, 5.74) is 0.460. The Morgan fingerprint density at radius 1 is 1.22 bits per heavy atom. The minimum atomic E-state index is -0.848. The van der Waals surface area contributed by atoms with E-state index in [9.17, 15) is 9.59 Å². The first-order valence-electron chi connectivity index (χ1n) is 7.31. The van der Waals surface area contributed by atoms with E-state index in [-0.39, 0.29) is 18.2 Å². The van der Waals surface area contributed by atoms with Crippen molar-refractivity contribution in [3.8, 4) is 6.07 Å². The summed E-state index contributed by atoms with van der Waals surface area (Å²) < 4.78 is 4.72. The molecule has 23 heavy (non-hydrogen) atoms. The molecular formula is C18H18N2O3. The molecule has 5 heteroatoms.